The van der Waals surface area contributed by atoms with Crippen molar-refractivity contribution < 1.29 is 4.74 Å². The van der Waals surface area contributed by atoms with Gasteiger partial charge in [0.2, 0.25) is 0 Å². The summed E-state index contributed by atoms with van der Waals surface area (Å²) >= 11 is 0. The maximum absolute atomic E-state index is 5.49. The second-order valence-electron chi connectivity index (χ2n) is 15.2. The van der Waals surface area contributed by atoms with Crippen LogP contribution in [0.2, 0.25) is 0 Å². The number of nitrogens with one attached hydrogen (secondary N) is 1. The van der Waals surface area contributed by atoms with E-state index in [9.17, 15) is 0 Å². The summed E-state index contributed by atoms with van der Waals surface area (Å²) in [5.74, 6) is 5.24. The Morgan fingerprint density at radius 1 is 0.909 bits per heavy atom. The fourth-order valence-corrected chi connectivity index (χ4v) is 8.58. The van der Waals surface area contributed by atoms with Gasteiger partial charge in [0, 0.05) is 11.0 Å². The summed E-state index contributed by atoms with van der Waals surface area (Å²) in [7, 11) is 1.73. The van der Waals surface area contributed by atoms with Gasteiger partial charge in [0.15, 0.2) is 0 Å². The zero-order chi connectivity index (χ0) is 30.5. The van der Waals surface area contributed by atoms with Crippen molar-refractivity contribution in [1.29, 1.82) is 0 Å². The molecule has 2 aromatic carbocycles. The molecule has 3 aromatic rings. The highest BCUT2D eigenvalue weighted by atomic mass is 16.5. The highest BCUT2D eigenvalue weighted by Crippen LogP contribution is 2.41. The minimum absolute atomic E-state index is 0.0202. The number of hydrogen-bond donors (Lipinski definition) is 1. The third kappa shape index (κ3) is 7.52. The molecule has 0 radical (unpaired) electrons. The van der Waals surface area contributed by atoms with Crippen LogP contribution in [-0.2, 0) is 5.41 Å². The van der Waals surface area contributed by atoms with Gasteiger partial charge >= 0.3 is 0 Å². The van der Waals surface area contributed by atoms with Gasteiger partial charge in [-0.25, -0.2) is 4.98 Å². The first-order chi connectivity index (χ1) is 21.4. The molecule has 0 bridgehead atoms. The van der Waals surface area contributed by atoms with E-state index >= 15 is 0 Å². The molecule has 0 amide bonds. The Kier molecular flexibility index (Phi) is 9.99. The maximum atomic E-state index is 5.49. The molecule has 6 rings (SSSR count). The number of ether oxygens (including phenoxy) is 1. The Hall–Kier alpha value is -2.81. The SMILES string of the molecule is COc1ccc2cc(-c3nc(C(C)(C)CC(CCC4CCCCC4)CC4CCCCC4)[nH]c3C3=CC(C)CC=C3)ccc2c1. The topological polar surface area (TPSA) is 37.9 Å². The molecule has 3 nitrogen and oxygen atoms in total. The summed E-state index contributed by atoms with van der Waals surface area (Å²) in [6.45, 7) is 7.22. The average Bonchev–Trinajstić information content (AvgIpc) is 3.51. The number of aromatic nitrogens is 2. The number of methoxy groups -OCH3 is 1. The highest BCUT2D eigenvalue weighted by molar-refractivity contribution is 5.90. The molecule has 0 spiro atoms. The number of hydrogen-bond acceptors (Lipinski definition) is 2. The van der Waals surface area contributed by atoms with Gasteiger partial charge in [0.05, 0.1) is 18.5 Å². The van der Waals surface area contributed by atoms with Crippen LogP contribution in [0.15, 0.2) is 54.6 Å². The van der Waals surface area contributed by atoms with E-state index in [1.807, 2.05) is 0 Å². The molecule has 2 saturated carbocycles. The Labute approximate surface area is 267 Å². The van der Waals surface area contributed by atoms with Crippen molar-refractivity contribution in [3.05, 3.63) is 66.1 Å². The van der Waals surface area contributed by atoms with Gasteiger partial charge in [0.1, 0.15) is 11.6 Å². The normalized spacial score (nSPS) is 21.0. The molecular weight excluding hydrogens is 536 g/mol. The molecule has 0 aliphatic heterocycles. The molecule has 44 heavy (non-hydrogen) atoms. The molecule has 2 atom stereocenters. The Balaban J connectivity index is 1.31. The quantitative estimate of drug-likeness (QED) is 0.240. The molecule has 3 aliphatic carbocycles. The highest BCUT2D eigenvalue weighted by Gasteiger charge is 2.32. The number of benzene rings is 2. The first-order valence-electron chi connectivity index (χ1n) is 18.0. The van der Waals surface area contributed by atoms with Crippen molar-refractivity contribution >= 4 is 16.3 Å². The zero-order valence-electron chi connectivity index (χ0n) is 28.0. The predicted molar refractivity (Wildman–Crippen MR) is 187 cm³/mol. The summed E-state index contributed by atoms with van der Waals surface area (Å²) in [6, 6.07) is 13.1. The lowest BCUT2D eigenvalue weighted by atomic mass is 9.73. The lowest BCUT2D eigenvalue weighted by molar-refractivity contribution is 0.218. The van der Waals surface area contributed by atoms with E-state index in [4.69, 9.17) is 9.72 Å². The summed E-state index contributed by atoms with van der Waals surface area (Å²) in [4.78, 5) is 9.43. The molecule has 3 heteroatoms. The molecular formula is C41H56N2O. The van der Waals surface area contributed by atoms with Gasteiger partial charge in [-0.05, 0) is 77.5 Å². The van der Waals surface area contributed by atoms with E-state index in [-0.39, 0.29) is 5.41 Å². The van der Waals surface area contributed by atoms with Gasteiger partial charge in [0.25, 0.3) is 0 Å². The van der Waals surface area contributed by atoms with Gasteiger partial charge in [-0.15, -0.1) is 0 Å². The summed E-state index contributed by atoms with van der Waals surface area (Å²) in [6.07, 6.45) is 28.1. The minimum atomic E-state index is -0.0202. The molecule has 2 fully saturated rings. The van der Waals surface area contributed by atoms with Gasteiger partial charge < -0.3 is 9.72 Å². The second kappa shape index (κ2) is 14.1. The third-order valence-electron chi connectivity index (χ3n) is 11.1. The van der Waals surface area contributed by atoms with Crippen molar-refractivity contribution in [1.82, 2.24) is 9.97 Å². The monoisotopic (exact) mass is 592 g/mol. The van der Waals surface area contributed by atoms with Crippen molar-refractivity contribution in [2.75, 3.05) is 7.11 Å². The van der Waals surface area contributed by atoms with Crippen molar-refractivity contribution in [3.63, 3.8) is 0 Å². The number of fused-ring (bicyclic) bond motifs is 1. The number of allylic oxidation sites excluding steroid dienone is 4. The van der Waals surface area contributed by atoms with E-state index in [2.05, 4.69) is 80.4 Å². The van der Waals surface area contributed by atoms with Crippen LogP contribution in [0.3, 0.4) is 0 Å². The summed E-state index contributed by atoms with van der Waals surface area (Å²) < 4.78 is 5.49. The number of imidazole rings is 1. The fourth-order valence-electron chi connectivity index (χ4n) is 8.58. The molecule has 3 aliphatic rings. The van der Waals surface area contributed by atoms with Crippen LogP contribution in [-0.4, -0.2) is 17.1 Å². The van der Waals surface area contributed by atoms with E-state index in [0.29, 0.717) is 5.92 Å². The van der Waals surface area contributed by atoms with Gasteiger partial charge in [-0.3, -0.25) is 0 Å². The van der Waals surface area contributed by atoms with Crippen LogP contribution in [0.4, 0.5) is 0 Å². The van der Waals surface area contributed by atoms with Gasteiger partial charge in [-0.1, -0.05) is 134 Å². The Morgan fingerprint density at radius 3 is 2.34 bits per heavy atom. The lowest BCUT2D eigenvalue weighted by Crippen LogP contribution is -2.26. The number of aromatic amines is 1. The smallest absolute Gasteiger partial charge is 0.119 e. The average molecular weight is 593 g/mol. The van der Waals surface area contributed by atoms with E-state index < -0.39 is 0 Å². The van der Waals surface area contributed by atoms with Crippen LogP contribution in [0.1, 0.15) is 129 Å². The molecule has 1 heterocycles. The first-order valence-corrected chi connectivity index (χ1v) is 18.0. The van der Waals surface area contributed by atoms with E-state index in [1.54, 1.807) is 7.11 Å². The van der Waals surface area contributed by atoms with Crippen molar-refractivity contribution in [2.45, 2.75) is 122 Å². The van der Waals surface area contributed by atoms with E-state index in [0.717, 1.165) is 41.4 Å². The van der Waals surface area contributed by atoms with Crippen LogP contribution < -0.4 is 4.74 Å². The molecule has 1 N–H and O–H groups in total. The first kappa shape index (κ1) is 31.2. The van der Waals surface area contributed by atoms with Gasteiger partial charge in [-0.2, -0.15) is 0 Å². The molecule has 2 unspecified atom stereocenters. The minimum Gasteiger partial charge on any atom is -0.497 e. The number of H-pyrrole nitrogens is 1. The molecule has 236 valence electrons. The largest absolute Gasteiger partial charge is 0.497 e. The van der Waals surface area contributed by atoms with E-state index in [1.165, 1.54) is 117 Å². The number of nitrogens with zero attached hydrogens (tertiary/aromatic N) is 1. The third-order valence-corrected chi connectivity index (χ3v) is 11.1. The molecule has 0 saturated heterocycles. The standard InChI is InChI=1S/C41H56N2O/c1-29-12-11-17-35(24-29)38-39(36-21-20-34-27-37(44-4)23-22-33(34)26-36)43-40(42-38)41(2,3)28-32(25-31-15-9-6-10-16-31)19-18-30-13-7-5-8-14-30/h11,17,20-24,26-27,29-32H,5-10,12-16,18-19,25,28H2,1-4H3,(H,42,43). The Bertz CT molecular complexity index is 1450. The predicted octanol–water partition coefficient (Wildman–Crippen LogP) is 11.8. The van der Waals surface area contributed by atoms with Crippen LogP contribution >= 0.6 is 0 Å². The number of rotatable bonds is 11. The van der Waals surface area contributed by atoms with Crippen LogP contribution in [0.25, 0.3) is 27.6 Å². The zero-order valence-corrected chi connectivity index (χ0v) is 28.0. The lowest BCUT2D eigenvalue weighted by Gasteiger charge is -2.33. The summed E-state index contributed by atoms with van der Waals surface area (Å²) in [5, 5.41) is 2.41. The van der Waals surface area contributed by atoms with Crippen molar-refractivity contribution in [3.8, 4) is 17.0 Å². The second-order valence-corrected chi connectivity index (χ2v) is 15.2. The molecule has 1 aromatic heterocycles. The Morgan fingerprint density at radius 2 is 1.61 bits per heavy atom. The fraction of sp³-hybridized carbons (Fsp3) is 0.585. The van der Waals surface area contributed by atoms with Crippen molar-refractivity contribution in [2.24, 2.45) is 23.7 Å². The summed E-state index contributed by atoms with van der Waals surface area (Å²) in [5.41, 5.74) is 4.70. The van der Waals surface area contributed by atoms with Crippen LogP contribution in [0.5, 0.6) is 5.75 Å². The maximum Gasteiger partial charge on any atom is 0.119 e. The van der Waals surface area contributed by atoms with Crippen LogP contribution in [0, 0.1) is 23.7 Å².